The van der Waals surface area contributed by atoms with Crippen LogP contribution in [0.15, 0.2) is 42.6 Å². The average Bonchev–Trinajstić information content (AvgIpc) is 2.47. The molecule has 1 aromatic carbocycles. The quantitative estimate of drug-likeness (QED) is 0.560. The fourth-order valence-corrected chi connectivity index (χ4v) is 1.94. The standard InChI is InChI=1S/C14H13N5O/c1-9-17-12(19-15)8-13(18-9)20-11-6-2-4-10-5-3-7-16-14(10)11/h2-8H,15H2,1H3,(H,17,18,19). The molecule has 3 N–H and O–H groups in total. The van der Waals surface area contributed by atoms with Gasteiger partial charge in [0.05, 0.1) is 0 Å². The molecule has 0 amide bonds. The Labute approximate surface area is 115 Å². The fraction of sp³-hybridized carbons (Fsp3) is 0.0714. The molecule has 2 aromatic heterocycles. The molecule has 0 aliphatic rings. The lowest BCUT2D eigenvalue weighted by Gasteiger charge is -2.09. The van der Waals surface area contributed by atoms with Gasteiger partial charge in [-0.2, -0.15) is 4.98 Å². The topological polar surface area (TPSA) is 86.0 Å². The van der Waals surface area contributed by atoms with Crippen molar-refractivity contribution < 1.29 is 4.74 Å². The summed E-state index contributed by atoms with van der Waals surface area (Å²) < 4.78 is 5.81. The Bertz CT molecular complexity index is 754. The summed E-state index contributed by atoms with van der Waals surface area (Å²) in [5, 5.41) is 1.01. The minimum Gasteiger partial charge on any atom is -0.437 e. The van der Waals surface area contributed by atoms with Gasteiger partial charge in [-0.1, -0.05) is 18.2 Å². The number of hydrogen-bond acceptors (Lipinski definition) is 6. The molecule has 0 radical (unpaired) electrons. The van der Waals surface area contributed by atoms with Crippen LogP contribution in [0.2, 0.25) is 0 Å². The Hall–Kier alpha value is -2.73. The maximum atomic E-state index is 5.81. The second kappa shape index (κ2) is 5.10. The highest BCUT2D eigenvalue weighted by molar-refractivity contribution is 5.84. The van der Waals surface area contributed by atoms with Gasteiger partial charge in [0, 0.05) is 17.6 Å². The molecular formula is C14H13N5O. The van der Waals surface area contributed by atoms with Crippen molar-refractivity contribution in [3.05, 3.63) is 48.4 Å². The van der Waals surface area contributed by atoms with Crippen LogP contribution in [0.25, 0.3) is 10.9 Å². The van der Waals surface area contributed by atoms with Gasteiger partial charge in [-0.25, -0.2) is 10.8 Å². The number of aryl methyl sites for hydroxylation is 1. The van der Waals surface area contributed by atoms with Crippen LogP contribution in [0.1, 0.15) is 5.82 Å². The number of hydrogen-bond donors (Lipinski definition) is 2. The molecule has 3 aromatic rings. The zero-order valence-electron chi connectivity index (χ0n) is 10.9. The Morgan fingerprint density at radius 1 is 1.15 bits per heavy atom. The molecule has 6 nitrogen and oxygen atoms in total. The van der Waals surface area contributed by atoms with E-state index in [-0.39, 0.29) is 0 Å². The Kier molecular flexibility index (Phi) is 3.14. The number of aromatic nitrogens is 3. The predicted molar refractivity (Wildman–Crippen MR) is 76.4 cm³/mol. The Morgan fingerprint density at radius 3 is 2.85 bits per heavy atom. The minimum absolute atomic E-state index is 0.420. The van der Waals surface area contributed by atoms with E-state index in [1.807, 2.05) is 30.3 Å². The van der Waals surface area contributed by atoms with Crippen molar-refractivity contribution in [2.24, 2.45) is 5.84 Å². The van der Waals surface area contributed by atoms with E-state index in [1.165, 1.54) is 0 Å². The second-order valence-corrected chi connectivity index (χ2v) is 4.22. The number of nitrogens with two attached hydrogens (primary N) is 1. The first kappa shape index (κ1) is 12.3. The lowest BCUT2D eigenvalue weighted by Crippen LogP contribution is -2.09. The molecule has 0 saturated carbocycles. The molecule has 0 spiro atoms. The number of pyridine rings is 1. The summed E-state index contributed by atoms with van der Waals surface area (Å²) in [4.78, 5) is 12.7. The first-order chi connectivity index (χ1) is 9.76. The van der Waals surface area contributed by atoms with Gasteiger partial charge in [-0.3, -0.25) is 4.98 Å². The van der Waals surface area contributed by atoms with Crippen molar-refractivity contribution in [1.29, 1.82) is 0 Å². The molecule has 0 saturated heterocycles. The highest BCUT2D eigenvalue weighted by Gasteiger charge is 2.07. The SMILES string of the molecule is Cc1nc(NN)cc(Oc2cccc3cccnc23)n1. The number of anilines is 1. The van der Waals surface area contributed by atoms with E-state index < -0.39 is 0 Å². The third-order valence-corrected chi connectivity index (χ3v) is 2.77. The monoisotopic (exact) mass is 267 g/mol. The number of para-hydroxylation sites is 1. The molecular weight excluding hydrogens is 254 g/mol. The first-order valence-electron chi connectivity index (χ1n) is 6.10. The minimum atomic E-state index is 0.420. The van der Waals surface area contributed by atoms with E-state index >= 15 is 0 Å². The first-order valence-corrected chi connectivity index (χ1v) is 6.10. The van der Waals surface area contributed by atoms with Gasteiger partial charge in [0.2, 0.25) is 5.88 Å². The zero-order valence-corrected chi connectivity index (χ0v) is 10.9. The van der Waals surface area contributed by atoms with Gasteiger partial charge in [0.1, 0.15) is 17.2 Å². The number of rotatable bonds is 3. The van der Waals surface area contributed by atoms with Crippen molar-refractivity contribution in [2.75, 3.05) is 5.43 Å². The van der Waals surface area contributed by atoms with E-state index in [2.05, 4.69) is 20.4 Å². The molecule has 100 valence electrons. The number of ether oxygens (including phenoxy) is 1. The van der Waals surface area contributed by atoms with Crippen LogP contribution in [0, 0.1) is 6.92 Å². The van der Waals surface area contributed by atoms with E-state index in [0.717, 1.165) is 10.9 Å². The molecule has 0 unspecified atom stereocenters. The van der Waals surface area contributed by atoms with E-state index in [1.54, 1.807) is 19.2 Å². The van der Waals surface area contributed by atoms with Crippen LogP contribution in [-0.2, 0) is 0 Å². The van der Waals surface area contributed by atoms with E-state index in [0.29, 0.717) is 23.3 Å². The summed E-state index contributed by atoms with van der Waals surface area (Å²) in [6.07, 6.45) is 1.73. The smallest absolute Gasteiger partial charge is 0.224 e. The lowest BCUT2D eigenvalue weighted by atomic mass is 10.2. The largest absolute Gasteiger partial charge is 0.437 e. The van der Waals surface area contributed by atoms with Crippen molar-refractivity contribution in [2.45, 2.75) is 6.92 Å². The summed E-state index contributed by atoms with van der Waals surface area (Å²) in [6, 6.07) is 11.2. The van der Waals surface area contributed by atoms with Gasteiger partial charge in [0.15, 0.2) is 5.75 Å². The van der Waals surface area contributed by atoms with Gasteiger partial charge in [0.25, 0.3) is 0 Å². The molecule has 20 heavy (non-hydrogen) atoms. The van der Waals surface area contributed by atoms with Crippen LogP contribution >= 0.6 is 0 Å². The van der Waals surface area contributed by atoms with Crippen LogP contribution in [0.3, 0.4) is 0 Å². The normalized spacial score (nSPS) is 10.5. The van der Waals surface area contributed by atoms with Gasteiger partial charge in [-0.05, 0) is 19.1 Å². The van der Waals surface area contributed by atoms with E-state index in [9.17, 15) is 0 Å². The molecule has 2 heterocycles. The molecule has 6 heteroatoms. The van der Waals surface area contributed by atoms with Crippen molar-refractivity contribution in [1.82, 2.24) is 15.0 Å². The summed E-state index contributed by atoms with van der Waals surface area (Å²) in [5.41, 5.74) is 3.27. The second-order valence-electron chi connectivity index (χ2n) is 4.22. The molecule has 0 bridgehead atoms. The van der Waals surface area contributed by atoms with E-state index in [4.69, 9.17) is 10.6 Å². The molecule has 3 rings (SSSR count). The maximum absolute atomic E-state index is 5.81. The van der Waals surface area contributed by atoms with Crippen LogP contribution in [0.4, 0.5) is 5.82 Å². The van der Waals surface area contributed by atoms with Gasteiger partial charge >= 0.3 is 0 Å². The molecule has 0 atom stereocenters. The lowest BCUT2D eigenvalue weighted by molar-refractivity contribution is 0.464. The number of hydrazine groups is 1. The summed E-state index contributed by atoms with van der Waals surface area (Å²) in [7, 11) is 0. The average molecular weight is 267 g/mol. The number of benzene rings is 1. The highest BCUT2D eigenvalue weighted by atomic mass is 16.5. The van der Waals surface area contributed by atoms with Crippen LogP contribution in [0.5, 0.6) is 11.6 Å². The molecule has 0 aliphatic carbocycles. The van der Waals surface area contributed by atoms with Crippen molar-refractivity contribution >= 4 is 16.7 Å². The third-order valence-electron chi connectivity index (χ3n) is 2.77. The number of nitrogens with zero attached hydrogens (tertiary/aromatic N) is 3. The highest BCUT2D eigenvalue weighted by Crippen LogP contribution is 2.27. The van der Waals surface area contributed by atoms with Crippen molar-refractivity contribution in [3.63, 3.8) is 0 Å². The van der Waals surface area contributed by atoms with Crippen molar-refractivity contribution in [3.8, 4) is 11.6 Å². The summed E-state index contributed by atoms with van der Waals surface area (Å²) >= 11 is 0. The zero-order chi connectivity index (χ0) is 13.9. The fourth-order valence-electron chi connectivity index (χ4n) is 1.94. The van der Waals surface area contributed by atoms with Crippen LogP contribution in [-0.4, -0.2) is 15.0 Å². The third kappa shape index (κ3) is 2.36. The molecule has 0 fully saturated rings. The molecule has 0 aliphatic heterocycles. The Balaban J connectivity index is 2.03. The number of nitrogen functional groups attached to an aromatic ring is 1. The maximum Gasteiger partial charge on any atom is 0.224 e. The Morgan fingerprint density at radius 2 is 2.00 bits per heavy atom. The number of fused-ring (bicyclic) bond motifs is 1. The van der Waals surface area contributed by atoms with Gasteiger partial charge in [-0.15, -0.1) is 0 Å². The summed E-state index contributed by atoms with van der Waals surface area (Å²) in [6.45, 7) is 1.77. The predicted octanol–water partition coefficient (Wildman–Crippen LogP) is 2.41. The number of nitrogens with one attached hydrogen (secondary N) is 1. The van der Waals surface area contributed by atoms with Crippen LogP contribution < -0.4 is 16.0 Å². The summed E-state index contributed by atoms with van der Waals surface area (Å²) in [5.74, 6) is 7.50. The van der Waals surface area contributed by atoms with Gasteiger partial charge < -0.3 is 10.2 Å².